The molecule has 1 heterocycles. The van der Waals surface area contributed by atoms with Crippen LogP contribution in [-0.2, 0) is 16.1 Å². The molecule has 0 radical (unpaired) electrons. The van der Waals surface area contributed by atoms with Gasteiger partial charge in [0.15, 0.2) is 0 Å². The van der Waals surface area contributed by atoms with Crippen LogP contribution in [0.4, 0.5) is 0 Å². The SMILES string of the molecule is COCCNC(=O)C[C@@H](c1cn(Cc2ccccc2)c2ccccc12)C1CCCCC1. The van der Waals surface area contributed by atoms with E-state index in [0.29, 0.717) is 25.5 Å². The molecular weight excluding hydrogens is 384 g/mol. The Morgan fingerprint density at radius 3 is 2.58 bits per heavy atom. The summed E-state index contributed by atoms with van der Waals surface area (Å²) in [6.07, 6.45) is 9.17. The lowest BCUT2D eigenvalue weighted by atomic mass is 9.75. The summed E-state index contributed by atoms with van der Waals surface area (Å²) in [7, 11) is 1.67. The number of methoxy groups -OCH3 is 1. The van der Waals surface area contributed by atoms with Gasteiger partial charge in [-0.25, -0.2) is 0 Å². The molecule has 1 N–H and O–H groups in total. The zero-order chi connectivity index (χ0) is 21.5. The molecule has 1 aliphatic carbocycles. The van der Waals surface area contributed by atoms with Gasteiger partial charge in [-0.05, 0) is 41.9 Å². The van der Waals surface area contributed by atoms with E-state index in [1.165, 1.54) is 54.1 Å². The monoisotopic (exact) mass is 418 g/mol. The van der Waals surface area contributed by atoms with Gasteiger partial charge >= 0.3 is 0 Å². The largest absolute Gasteiger partial charge is 0.383 e. The van der Waals surface area contributed by atoms with Gasteiger partial charge in [-0.1, -0.05) is 67.8 Å². The number of amides is 1. The van der Waals surface area contributed by atoms with Gasteiger partial charge in [0, 0.05) is 43.7 Å². The second kappa shape index (κ2) is 10.6. The molecule has 3 aromatic rings. The van der Waals surface area contributed by atoms with E-state index in [-0.39, 0.29) is 11.8 Å². The summed E-state index contributed by atoms with van der Waals surface area (Å²) in [4.78, 5) is 12.8. The van der Waals surface area contributed by atoms with Crippen LogP contribution in [0.3, 0.4) is 0 Å². The number of nitrogens with zero attached hydrogens (tertiary/aromatic N) is 1. The quantitative estimate of drug-likeness (QED) is 0.466. The summed E-state index contributed by atoms with van der Waals surface area (Å²) in [6, 6.07) is 19.3. The highest BCUT2D eigenvalue weighted by Crippen LogP contribution is 2.41. The standard InChI is InChI=1S/C27H34N2O2/c1-31-17-16-28-27(30)18-24(22-12-6-3-7-13-22)25-20-29(19-21-10-4-2-5-11-21)26-15-9-8-14-23(25)26/h2,4-5,8-11,14-15,20,22,24H,3,6-7,12-13,16-19H2,1H3,(H,28,30)/t24-/m1/s1. The number of hydrogen-bond acceptors (Lipinski definition) is 2. The Morgan fingerprint density at radius 1 is 1.06 bits per heavy atom. The van der Waals surface area contributed by atoms with Crippen molar-refractivity contribution in [3.8, 4) is 0 Å². The van der Waals surface area contributed by atoms with Crippen molar-refractivity contribution in [2.24, 2.45) is 5.92 Å². The third-order valence-electron chi connectivity index (χ3n) is 6.67. The van der Waals surface area contributed by atoms with Crippen molar-refractivity contribution in [1.82, 2.24) is 9.88 Å². The molecule has 4 heteroatoms. The highest BCUT2D eigenvalue weighted by atomic mass is 16.5. The van der Waals surface area contributed by atoms with Crippen LogP contribution in [0, 0.1) is 5.92 Å². The predicted octanol–water partition coefficient (Wildman–Crippen LogP) is 5.51. The van der Waals surface area contributed by atoms with E-state index in [1.807, 2.05) is 0 Å². The smallest absolute Gasteiger partial charge is 0.220 e. The Balaban J connectivity index is 1.66. The molecule has 1 fully saturated rings. The zero-order valence-corrected chi connectivity index (χ0v) is 18.6. The Bertz CT molecular complexity index is 973. The zero-order valence-electron chi connectivity index (χ0n) is 18.6. The molecule has 31 heavy (non-hydrogen) atoms. The van der Waals surface area contributed by atoms with Gasteiger partial charge in [-0.2, -0.15) is 0 Å². The van der Waals surface area contributed by atoms with Crippen LogP contribution < -0.4 is 5.32 Å². The van der Waals surface area contributed by atoms with Crippen LogP contribution in [-0.4, -0.2) is 30.7 Å². The average Bonchev–Trinajstić information content (AvgIpc) is 3.17. The van der Waals surface area contributed by atoms with E-state index in [0.717, 1.165) is 6.54 Å². The van der Waals surface area contributed by atoms with Crippen molar-refractivity contribution >= 4 is 16.8 Å². The van der Waals surface area contributed by atoms with Crippen LogP contribution in [0.25, 0.3) is 10.9 Å². The molecular formula is C27H34N2O2. The van der Waals surface area contributed by atoms with Crippen LogP contribution in [0.15, 0.2) is 60.8 Å². The van der Waals surface area contributed by atoms with Crippen molar-refractivity contribution in [1.29, 1.82) is 0 Å². The Labute approximate surface area is 185 Å². The van der Waals surface area contributed by atoms with E-state index in [2.05, 4.69) is 70.7 Å². The molecule has 1 saturated carbocycles. The van der Waals surface area contributed by atoms with Crippen LogP contribution in [0.1, 0.15) is 55.6 Å². The molecule has 4 nitrogen and oxygen atoms in total. The number of carbonyl (C=O) groups excluding carboxylic acids is 1. The number of para-hydroxylation sites is 1. The van der Waals surface area contributed by atoms with E-state index in [4.69, 9.17) is 4.74 Å². The third-order valence-corrected chi connectivity index (χ3v) is 6.67. The van der Waals surface area contributed by atoms with E-state index < -0.39 is 0 Å². The second-order valence-corrected chi connectivity index (χ2v) is 8.77. The van der Waals surface area contributed by atoms with Crippen molar-refractivity contribution in [3.63, 3.8) is 0 Å². The number of aromatic nitrogens is 1. The van der Waals surface area contributed by atoms with E-state index >= 15 is 0 Å². The lowest BCUT2D eigenvalue weighted by Crippen LogP contribution is -2.30. The number of ether oxygens (including phenoxy) is 1. The van der Waals surface area contributed by atoms with Crippen LogP contribution in [0.5, 0.6) is 0 Å². The van der Waals surface area contributed by atoms with Crippen LogP contribution in [0.2, 0.25) is 0 Å². The number of hydrogen-bond donors (Lipinski definition) is 1. The summed E-state index contributed by atoms with van der Waals surface area (Å²) in [5.74, 6) is 0.954. The topological polar surface area (TPSA) is 43.3 Å². The molecule has 2 aromatic carbocycles. The summed E-state index contributed by atoms with van der Waals surface area (Å²) >= 11 is 0. The number of rotatable bonds is 9. The number of nitrogens with one attached hydrogen (secondary N) is 1. The van der Waals surface area contributed by atoms with Crippen molar-refractivity contribution in [2.75, 3.05) is 20.3 Å². The predicted molar refractivity (Wildman–Crippen MR) is 126 cm³/mol. The Hall–Kier alpha value is -2.59. The van der Waals surface area contributed by atoms with Gasteiger partial charge in [0.2, 0.25) is 5.91 Å². The maximum atomic E-state index is 12.8. The first-order chi connectivity index (χ1) is 15.3. The molecule has 0 aliphatic heterocycles. The van der Waals surface area contributed by atoms with Gasteiger partial charge in [-0.15, -0.1) is 0 Å². The van der Waals surface area contributed by atoms with Gasteiger partial charge in [-0.3, -0.25) is 4.79 Å². The third kappa shape index (κ3) is 5.37. The van der Waals surface area contributed by atoms with Gasteiger partial charge in [0.25, 0.3) is 0 Å². The molecule has 1 aliphatic rings. The fourth-order valence-corrected chi connectivity index (χ4v) is 5.11. The van der Waals surface area contributed by atoms with Crippen molar-refractivity contribution in [3.05, 3.63) is 71.9 Å². The number of benzene rings is 2. The molecule has 1 atom stereocenters. The van der Waals surface area contributed by atoms with Crippen LogP contribution >= 0.6 is 0 Å². The first kappa shape index (κ1) is 21.6. The van der Waals surface area contributed by atoms with Crippen molar-refractivity contribution in [2.45, 2.75) is 51.0 Å². The highest BCUT2D eigenvalue weighted by molar-refractivity contribution is 5.86. The molecule has 0 spiro atoms. The fourth-order valence-electron chi connectivity index (χ4n) is 5.11. The Kier molecular flexibility index (Phi) is 7.42. The number of carbonyl (C=O) groups is 1. The molecule has 4 rings (SSSR count). The molecule has 0 saturated heterocycles. The minimum Gasteiger partial charge on any atom is -0.383 e. The normalized spacial score (nSPS) is 15.8. The molecule has 0 unspecified atom stereocenters. The first-order valence-electron chi connectivity index (χ1n) is 11.6. The van der Waals surface area contributed by atoms with Gasteiger partial charge in [0.1, 0.15) is 0 Å². The second-order valence-electron chi connectivity index (χ2n) is 8.77. The number of fused-ring (bicyclic) bond motifs is 1. The first-order valence-corrected chi connectivity index (χ1v) is 11.6. The summed E-state index contributed by atoms with van der Waals surface area (Å²) in [5, 5.41) is 4.34. The highest BCUT2D eigenvalue weighted by Gasteiger charge is 2.29. The molecule has 0 bridgehead atoms. The van der Waals surface area contributed by atoms with Gasteiger partial charge < -0.3 is 14.6 Å². The maximum Gasteiger partial charge on any atom is 0.220 e. The summed E-state index contributed by atoms with van der Waals surface area (Å²) < 4.78 is 7.46. The lowest BCUT2D eigenvalue weighted by Gasteiger charge is -2.30. The van der Waals surface area contributed by atoms with Crippen molar-refractivity contribution < 1.29 is 9.53 Å². The minimum atomic E-state index is 0.132. The molecule has 1 aromatic heterocycles. The average molecular weight is 419 g/mol. The molecule has 1 amide bonds. The Morgan fingerprint density at radius 2 is 1.81 bits per heavy atom. The minimum absolute atomic E-state index is 0.132. The van der Waals surface area contributed by atoms with E-state index in [9.17, 15) is 4.79 Å². The molecule has 164 valence electrons. The lowest BCUT2D eigenvalue weighted by molar-refractivity contribution is -0.122. The maximum absolute atomic E-state index is 12.8. The van der Waals surface area contributed by atoms with E-state index in [1.54, 1.807) is 7.11 Å². The van der Waals surface area contributed by atoms with Gasteiger partial charge in [0.05, 0.1) is 6.61 Å². The fraction of sp³-hybridized carbons (Fsp3) is 0.444. The summed E-state index contributed by atoms with van der Waals surface area (Å²) in [5.41, 5.74) is 3.88. The summed E-state index contributed by atoms with van der Waals surface area (Å²) in [6.45, 7) is 1.97.